The number of hydrogen-bond donors (Lipinski definition) is 1. The van der Waals surface area contributed by atoms with E-state index >= 15 is 0 Å². The Labute approximate surface area is 93.6 Å². The number of halogens is 2. The van der Waals surface area contributed by atoms with Crippen LogP contribution in [0.3, 0.4) is 0 Å². The molecular formula is C11H17F2N3. The third-order valence-electron chi connectivity index (χ3n) is 3.24. The summed E-state index contributed by atoms with van der Waals surface area (Å²) in [4.78, 5) is 0. The van der Waals surface area contributed by atoms with Crippen LogP contribution < -0.4 is 5.73 Å². The number of aromatic nitrogens is 2. The van der Waals surface area contributed by atoms with Gasteiger partial charge in [0.1, 0.15) is 5.69 Å². The lowest BCUT2D eigenvalue weighted by molar-refractivity contribution is 0.135. The second-order valence-electron chi connectivity index (χ2n) is 4.38. The SMILES string of the molecule is Nc1cnn(C2CCCCCC2)c1C(F)F. The summed E-state index contributed by atoms with van der Waals surface area (Å²) in [6.07, 6.45) is 5.23. The summed E-state index contributed by atoms with van der Waals surface area (Å²) >= 11 is 0. The molecule has 16 heavy (non-hydrogen) atoms. The van der Waals surface area contributed by atoms with Crippen molar-refractivity contribution in [1.82, 2.24) is 9.78 Å². The third kappa shape index (κ3) is 2.18. The molecule has 0 radical (unpaired) electrons. The van der Waals surface area contributed by atoms with E-state index < -0.39 is 6.43 Å². The zero-order valence-electron chi connectivity index (χ0n) is 9.20. The van der Waals surface area contributed by atoms with Crippen molar-refractivity contribution in [3.05, 3.63) is 11.9 Å². The fraction of sp³-hybridized carbons (Fsp3) is 0.727. The van der Waals surface area contributed by atoms with E-state index in [1.54, 1.807) is 0 Å². The normalized spacial score (nSPS) is 18.9. The van der Waals surface area contributed by atoms with Gasteiger partial charge < -0.3 is 5.73 Å². The van der Waals surface area contributed by atoms with Gasteiger partial charge in [-0.1, -0.05) is 25.7 Å². The van der Waals surface area contributed by atoms with Crippen LogP contribution in [0.1, 0.15) is 56.7 Å². The maximum Gasteiger partial charge on any atom is 0.282 e. The highest BCUT2D eigenvalue weighted by atomic mass is 19.3. The Morgan fingerprint density at radius 2 is 1.88 bits per heavy atom. The molecule has 1 heterocycles. The predicted octanol–water partition coefficient (Wildman–Crippen LogP) is 3.30. The van der Waals surface area contributed by atoms with Crippen LogP contribution in [-0.4, -0.2) is 9.78 Å². The van der Waals surface area contributed by atoms with E-state index in [9.17, 15) is 8.78 Å². The Morgan fingerprint density at radius 1 is 1.25 bits per heavy atom. The molecule has 2 N–H and O–H groups in total. The second-order valence-corrected chi connectivity index (χ2v) is 4.38. The molecule has 5 heteroatoms. The number of hydrogen-bond acceptors (Lipinski definition) is 2. The van der Waals surface area contributed by atoms with Gasteiger partial charge in [0.15, 0.2) is 0 Å². The highest BCUT2D eigenvalue weighted by Gasteiger charge is 2.24. The molecule has 1 aliphatic rings. The summed E-state index contributed by atoms with van der Waals surface area (Å²) in [5.74, 6) is 0. The summed E-state index contributed by atoms with van der Waals surface area (Å²) in [6, 6.07) is 0.101. The Bertz CT molecular complexity index is 341. The summed E-state index contributed by atoms with van der Waals surface area (Å²) in [5, 5.41) is 4.01. The van der Waals surface area contributed by atoms with Crippen LogP contribution in [0.25, 0.3) is 0 Å². The van der Waals surface area contributed by atoms with Gasteiger partial charge >= 0.3 is 0 Å². The average Bonchev–Trinajstić information content (AvgIpc) is 2.50. The van der Waals surface area contributed by atoms with Crippen molar-refractivity contribution in [3.63, 3.8) is 0 Å². The molecule has 1 saturated carbocycles. The molecule has 0 amide bonds. The van der Waals surface area contributed by atoms with Gasteiger partial charge in [-0.25, -0.2) is 8.78 Å². The van der Waals surface area contributed by atoms with Crippen molar-refractivity contribution in [2.24, 2.45) is 0 Å². The molecule has 2 rings (SSSR count). The highest BCUT2D eigenvalue weighted by Crippen LogP contribution is 2.33. The van der Waals surface area contributed by atoms with Crippen molar-refractivity contribution in [2.75, 3.05) is 5.73 Å². The molecule has 90 valence electrons. The second kappa shape index (κ2) is 4.80. The minimum atomic E-state index is -2.54. The average molecular weight is 229 g/mol. The fourth-order valence-corrected chi connectivity index (χ4v) is 2.40. The minimum absolute atomic E-state index is 0.101. The smallest absolute Gasteiger partial charge is 0.282 e. The van der Waals surface area contributed by atoms with E-state index in [1.807, 2.05) is 0 Å². The lowest BCUT2D eigenvalue weighted by Gasteiger charge is -2.17. The molecule has 0 unspecified atom stereocenters. The van der Waals surface area contributed by atoms with Gasteiger partial charge in [-0.3, -0.25) is 4.68 Å². The van der Waals surface area contributed by atoms with Gasteiger partial charge in [0.2, 0.25) is 0 Å². The third-order valence-corrected chi connectivity index (χ3v) is 3.24. The van der Waals surface area contributed by atoms with Gasteiger partial charge in [-0.05, 0) is 12.8 Å². The van der Waals surface area contributed by atoms with Crippen LogP contribution in [0.4, 0.5) is 14.5 Å². The molecule has 1 fully saturated rings. The van der Waals surface area contributed by atoms with E-state index in [4.69, 9.17) is 5.73 Å². The number of nitrogens with zero attached hydrogens (tertiary/aromatic N) is 2. The standard InChI is InChI=1S/C11H17F2N3/c12-11(13)10-9(14)7-15-16(10)8-5-3-1-2-4-6-8/h7-8,11H,1-6,14H2. The zero-order valence-corrected chi connectivity index (χ0v) is 9.20. The van der Waals surface area contributed by atoms with Crippen LogP contribution >= 0.6 is 0 Å². The molecule has 0 spiro atoms. The van der Waals surface area contributed by atoms with Gasteiger partial charge in [0.25, 0.3) is 6.43 Å². The Balaban J connectivity index is 2.24. The Kier molecular flexibility index (Phi) is 3.41. The van der Waals surface area contributed by atoms with Crippen LogP contribution in [0.2, 0.25) is 0 Å². The fourth-order valence-electron chi connectivity index (χ4n) is 2.40. The number of nitrogen functional groups attached to an aromatic ring is 1. The molecule has 0 aliphatic heterocycles. The molecule has 3 nitrogen and oxygen atoms in total. The van der Waals surface area contributed by atoms with Gasteiger partial charge in [-0.15, -0.1) is 0 Å². The van der Waals surface area contributed by atoms with Crippen LogP contribution in [0, 0.1) is 0 Å². The van der Waals surface area contributed by atoms with Crippen molar-refractivity contribution < 1.29 is 8.78 Å². The maximum atomic E-state index is 12.8. The molecule has 1 aromatic heterocycles. The topological polar surface area (TPSA) is 43.8 Å². The molecule has 0 aromatic carbocycles. The molecule has 0 saturated heterocycles. The van der Waals surface area contributed by atoms with Crippen molar-refractivity contribution in [2.45, 2.75) is 51.0 Å². The van der Waals surface area contributed by atoms with Gasteiger partial charge in [0.05, 0.1) is 17.9 Å². The van der Waals surface area contributed by atoms with E-state index in [2.05, 4.69) is 5.10 Å². The van der Waals surface area contributed by atoms with Crippen molar-refractivity contribution in [1.29, 1.82) is 0 Å². The van der Waals surface area contributed by atoms with E-state index in [1.165, 1.54) is 23.7 Å². The minimum Gasteiger partial charge on any atom is -0.396 e. The molecule has 1 aromatic rings. The maximum absolute atomic E-state index is 12.8. The van der Waals surface area contributed by atoms with Gasteiger partial charge in [-0.2, -0.15) is 5.10 Å². The first-order chi connectivity index (χ1) is 7.70. The zero-order chi connectivity index (χ0) is 11.5. The number of rotatable bonds is 2. The number of alkyl halides is 2. The van der Waals surface area contributed by atoms with Crippen molar-refractivity contribution in [3.8, 4) is 0 Å². The van der Waals surface area contributed by atoms with Gasteiger partial charge in [0, 0.05) is 0 Å². The molecule has 1 aliphatic carbocycles. The number of nitrogens with two attached hydrogens (primary N) is 1. The molecule has 0 bridgehead atoms. The molecule has 0 atom stereocenters. The first-order valence-electron chi connectivity index (χ1n) is 5.81. The monoisotopic (exact) mass is 229 g/mol. The quantitative estimate of drug-likeness (QED) is 0.791. The van der Waals surface area contributed by atoms with Crippen LogP contribution in [-0.2, 0) is 0 Å². The van der Waals surface area contributed by atoms with E-state index in [0.29, 0.717) is 0 Å². The first kappa shape index (κ1) is 11.4. The van der Waals surface area contributed by atoms with Crippen LogP contribution in [0.15, 0.2) is 6.20 Å². The van der Waals surface area contributed by atoms with E-state index in [0.717, 1.165) is 25.7 Å². The lowest BCUT2D eigenvalue weighted by atomic mass is 10.1. The largest absolute Gasteiger partial charge is 0.396 e. The number of anilines is 1. The van der Waals surface area contributed by atoms with E-state index in [-0.39, 0.29) is 17.4 Å². The summed E-state index contributed by atoms with van der Waals surface area (Å²) < 4.78 is 27.1. The summed E-state index contributed by atoms with van der Waals surface area (Å²) in [5.41, 5.74) is 5.53. The Hall–Kier alpha value is -1.13. The summed E-state index contributed by atoms with van der Waals surface area (Å²) in [7, 11) is 0. The molecular weight excluding hydrogens is 212 g/mol. The first-order valence-corrected chi connectivity index (χ1v) is 5.81. The van der Waals surface area contributed by atoms with Crippen LogP contribution in [0.5, 0.6) is 0 Å². The summed E-state index contributed by atoms with van der Waals surface area (Å²) in [6.45, 7) is 0. The Morgan fingerprint density at radius 3 is 2.44 bits per heavy atom. The van der Waals surface area contributed by atoms with Crippen molar-refractivity contribution >= 4 is 5.69 Å². The lowest BCUT2D eigenvalue weighted by Crippen LogP contribution is -2.14. The predicted molar refractivity (Wildman–Crippen MR) is 58.3 cm³/mol. The highest BCUT2D eigenvalue weighted by molar-refractivity contribution is 5.41.